The van der Waals surface area contributed by atoms with E-state index in [-0.39, 0.29) is 6.42 Å². The zero-order chi connectivity index (χ0) is 19.5. The highest BCUT2D eigenvalue weighted by Crippen LogP contribution is 2.37. The van der Waals surface area contributed by atoms with Gasteiger partial charge in [0.2, 0.25) is 0 Å². The summed E-state index contributed by atoms with van der Waals surface area (Å²) in [6.45, 7) is 0.807. The maximum atomic E-state index is 13.2. The van der Waals surface area contributed by atoms with Gasteiger partial charge in [-0.05, 0) is 36.8 Å². The number of phosphoric acid groups is 1. The van der Waals surface area contributed by atoms with Crippen molar-refractivity contribution in [1.82, 2.24) is 0 Å². The van der Waals surface area contributed by atoms with Crippen LogP contribution < -0.4 is 5.73 Å². The minimum atomic E-state index is -4.64. The molecule has 0 amide bonds. The molecule has 4 N–H and O–H groups in total. The summed E-state index contributed by atoms with van der Waals surface area (Å²) in [4.78, 5) is 17.5. The summed E-state index contributed by atoms with van der Waals surface area (Å²) in [5, 5.41) is 0. The number of hydrogen-bond acceptors (Lipinski definition) is 3. The van der Waals surface area contributed by atoms with Gasteiger partial charge in [-0.3, -0.25) is 4.52 Å². The summed E-state index contributed by atoms with van der Waals surface area (Å²) < 4.78 is 28.3. The molecule has 0 bridgehead atoms. The molecular formula is C19H33FNO4P. The lowest BCUT2D eigenvalue weighted by Crippen LogP contribution is -2.47. The van der Waals surface area contributed by atoms with Gasteiger partial charge in [0.1, 0.15) is 6.67 Å². The Bertz CT molecular complexity index is 549. The van der Waals surface area contributed by atoms with Gasteiger partial charge in [0.15, 0.2) is 0 Å². The van der Waals surface area contributed by atoms with E-state index >= 15 is 0 Å². The van der Waals surface area contributed by atoms with Crippen LogP contribution in [-0.2, 0) is 21.9 Å². The highest BCUT2D eigenvalue weighted by Gasteiger charge is 2.29. The number of alkyl halides is 1. The Morgan fingerprint density at radius 2 is 1.58 bits per heavy atom. The van der Waals surface area contributed by atoms with Crippen molar-refractivity contribution < 1.29 is 23.3 Å². The molecule has 1 aromatic carbocycles. The van der Waals surface area contributed by atoms with Crippen LogP contribution in [0.5, 0.6) is 0 Å². The van der Waals surface area contributed by atoms with Crippen LogP contribution in [0.25, 0.3) is 0 Å². The van der Waals surface area contributed by atoms with Crippen molar-refractivity contribution in [2.24, 2.45) is 5.73 Å². The van der Waals surface area contributed by atoms with Crippen LogP contribution in [0.2, 0.25) is 0 Å². The number of unbranched alkanes of at least 4 members (excludes halogenated alkanes) is 5. The largest absolute Gasteiger partial charge is 0.469 e. The number of hydrogen-bond donors (Lipinski definition) is 3. The third-order valence-corrected chi connectivity index (χ3v) is 5.01. The highest BCUT2D eigenvalue weighted by molar-refractivity contribution is 7.46. The molecule has 0 unspecified atom stereocenters. The lowest BCUT2D eigenvalue weighted by Gasteiger charge is -2.26. The predicted octanol–water partition coefficient (Wildman–Crippen LogP) is 4.30. The molecule has 0 aliphatic carbocycles. The van der Waals surface area contributed by atoms with Crippen molar-refractivity contribution in [3.05, 3.63) is 35.4 Å². The summed E-state index contributed by atoms with van der Waals surface area (Å²) in [6, 6.07) is 8.19. The van der Waals surface area contributed by atoms with E-state index in [2.05, 4.69) is 23.6 Å². The zero-order valence-electron chi connectivity index (χ0n) is 15.7. The normalized spacial score (nSPS) is 14.3. The Morgan fingerprint density at radius 3 is 2.12 bits per heavy atom. The van der Waals surface area contributed by atoms with Crippen LogP contribution >= 0.6 is 7.82 Å². The Balaban J connectivity index is 2.37. The molecular weight excluding hydrogens is 355 g/mol. The molecule has 1 atom stereocenters. The van der Waals surface area contributed by atoms with Crippen molar-refractivity contribution in [3.63, 3.8) is 0 Å². The molecule has 0 radical (unpaired) electrons. The van der Waals surface area contributed by atoms with E-state index in [9.17, 15) is 8.96 Å². The van der Waals surface area contributed by atoms with Crippen molar-refractivity contribution in [3.8, 4) is 0 Å². The summed E-state index contributed by atoms with van der Waals surface area (Å²) in [5.74, 6) is 0. The van der Waals surface area contributed by atoms with E-state index < -0.39 is 26.6 Å². The van der Waals surface area contributed by atoms with E-state index in [0.29, 0.717) is 6.42 Å². The Kier molecular flexibility index (Phi) is 10.6. The molecule has 0 spiro atoms. The molecule has 5 nitrogen and oxygen atoms in total. The minimum absolute atomic E-state index is 0.250. The van der Waals surface area contributed by atoms with Crippen LogP contribution in [0.3, 0.4) is 0 Å². The number of halogens is 1. The first-order chi connectivity index (χ1) is 12.3. The zero-order valence-corrected chi connectivity index (χ0v) is 16.6. The van der Waals surface area contributed by atoms with E-state index in [1.54, 1.807) is 0 Å². The molecule has 0 aliphatic rings. The molecule has 0 saturated carbocycles. The smallest absolute Gasteiger partial charge is 0.321 e. The average molecular weight is 388 g/mol. The first-order valence-corrected chi connectivity index (χ1v) is 10.9. The van der Waals surface area contributed by atoms with E-state index in [4.69, 9.17) is 15.5 Å². The number of benzene rings is 1. The SMILES string of the molecule is CCCCCCCCc1ccc(CC[C@@](N)(C[18F])COP(=O)(O)O)cc1. The topological polar surface area (TPSA) is 92.8 Å². The molecule has 0 fully saturated rings. The van der Waals surface area contributed by atoms with Crippen molar-refractivity contribution >= 4 is 7.82 Å². The Labute approximate surface area is 156 Å². The van der Waals surface area contributed by atoms with Gasteiger partial charge in [0, 0.05) is 0 Å². The fourth-order valence-corrected chi connectivity index (χ4v) is 3.19. The molecule has 0 heterocycles. The summed E-state index contributed by atoms with van der Waals surface area (Å²) in [6.07, 6.45) is 9.48. The van der Waals surface area contributed by atoms with Gasteiger partial charge in [0.05, 0.1) is 12.1 Å². The van der Waals surface area contributed by atoms with Gasteiger partial charge in [-0.25, -0.2) is 8.96 Å². The van der Waals surface area contributed by atoms with Gasteiger partial charge < -0.3 is 15.5 Å². The molecule has 1 rings (SSSR count). The second-order valence-corrected chi connectivity index (χ2v) is 8.33. The van der Waals surface area contributed by atoms with Crippen LogP contribution in [-0.4, -0.2) is 28.6 Å². The van der Waals surface area contributed by atoms with Gasteiger partial charge in [-0.1, -0.05) is 63.3 Å². The lowest BCUT2D eigenvalue weighted by atomic mass is 9.93. The monoisotopic (exact) mass is 388 g/mol. The number of phosphoric ester groups is 1. The predicted molar refractivity (Wildman–Crippen MR) is 103 cm³/mol. The van der Waals surface area contributed by atoms with Gasteiger partial charge in [-0.2, -0.15) is 0 Å². The van der Waals surface area contributed by atoms with Crippen LogP contribution in [0.15, 0.2) is 24.3 Å². The van der Waals surface area contributed by atoms with E-state index in [1.807, 2.05) is 12.1 Å². The molecule has 0 aliphatic heterocycles. The first-order valence-electron chi connectivity index (χ1n) is 9.41. The standard InChI is InChI=1S/C19H33FNO4P/c1-2-3-4-5-6-7-8-17-9-11-18(12-10-17)13-14-19(21,15-20)16-25-26(22,23)24/h9-12H,2-8,13-16,21H2,1H3,(H2,22,23,24)/t19-/m1/s1/i20-1. The lowest BCUT2D eigenvalue weighted by molar-refractivity contribution is 0.130. The van der Waals surface area contributed by atoms with Gasteiger partial charge in [-0.15, -0.1) is 0 Å². The fourth-order valence-electron chi connectivity index (χ4n) is 2.77. The average Bonchev–Trinajstić information content (AvgIpc) is 2.61. The van der Waals surface area contributed by atoms with Gasteiger partial charge >= 0.3 is 7.82 Å². The number of nitrogens with two attached hydrogens (primary N) is 1. The van der Waals surface area contributed by atoms with Crippen molar-refractivity contribution in [1.29, 1.82) is 0 Å². The van der Waals surface area contributed by atoms with Crippen molar-refractivity contribution in [2.75, 3.05) is 13.3 Å². The van der Waals surface area contributed by atoms with Crippen molar-refractivity contribution in [2.45, 2.75) is 70.3 Å². The molecule has 1 aromatic rings. The third kappa shape index (κ3) is 10.4. The molecule has 0 aromatic heterocycles. The molecule has 7 heteroatoms. The summed E-state index contributed by atoms with van der Waals surface area (Å²) in [7, 11) is -4.64. The van der Waals surface area contributed by atoms with Gasteiger partial charge in [0.25, 0.3) is 0 Å². The van der Waals surface area contributed by atoms with Crippen LogP contribution in [0, 0.1) is 0 Å². The fraction of sp³-hybridized carbons (Fsp3) is 0.684. The molecule has 26 heavy (non-hydrogen) atoms. The maximum Gasteiger partial charge on any atom is 0.469 e. The second-order valence-electron chi connectivity index (χ2n) is 7.09. The number of aryl methyl sites for hydroxylation is 2. The summed E-state index contributed by atoms with van der Waals surface area (Å²) >= 11 is 0. The maximum absolute atomic E-state index is 13.2. The molecule has 150 valence electrons. The summed E-state index contributed by atoms with van der Waals surface area (Å²) in [5.41, 5.74) is 6.78. The number of rotatable bonds is 14. The Hall–Kier alpha value is -0.780. The third-order valence-electron chi connectivity index (χ3n) is 4.54. The minimum Gasteiger partial charge on any atom is -0.321 e. The van der Waals surface area contributed by atoms with E-state index in [1.165, 1.54) is 44.1 Å². The van der Waals surface area contributed by atoms with Crippen LogP contribution in [0.4, 0.5) is 4.39 Å². The Morgan fingerprint density at radius 1 is 1.04 bits per heavy atom. The quantitative estimate of drug-likeness (QED) is 0.326. The molecule has 0 saturated heterocycles. The van der Waals surface area contributed by atoms with Crippen LogP contribution in [0.1, 0.15) is 63.0 Å². The van der Waals surface area contributed by atoms with E-state index in [0.717, 1.165) is 12.0 Å². The highest BCUT2D eigenvalue weighted by atomic mass is 31.2. The second kappa shape index (κ2) is 11.8. The first kappa shape index (κ1) is 23.3.